The maximum Gasteiger partial charge on any atom is 0.278 e. The molecule has 0 spiro atoms. The molecular formula is C16H15N3O4S. The number of furan rings is 1. The zero-order valence-corrected chi connectivity index (χ0v) is 13.5. The summed E-state index contributed by atoms with van der Waals surface area (Å²) in [5.41, 5.74) is 2.40. The Morgan fingerprint density at radius 1 is 1.29 bits per heavy atom. The van der Waals surface area contributed by atoms with Crippen LogP contribution in [0.3, 0.4) is 0 Å². The third-order valence-electron chi connectivity index (χ3n) is 3.14. The Kier molecular flexibility index (Phi) is 5.17. The van der Waals surface area contributed by atoms with E-state index in [2.05, 4.69) is 10.5 Å². The zero-order chi connectivity index (χ0) is 16.8. The second kappa shape index (κ2) is 7.69. The van der Waals surface area contributed by atoms with Gasteiger partial charge in [-0.25, -0.2) is 5.43 Å². The molecule has 8 heteroatoms. The van der Waals surface area contributed by atoms with E-state index in [0.29, 0.717) is 16.7 Å². The summed E-state index contributed by atoms with van der Waals surface area (Å²) in [5, 5.41) is 4.45. The molecule has 2 heterocycles. The monoisotopic (exact) mass is 345 g/mol. The first-order valence-corrected chi connectivity index (χ1v) is 8.21. The van der Waals surface area contributed by atoms with Crippen LogP contribution in [-0.2, 0) is 16.1 Å². The minimum atomic E-state index is -0.399. The lowest BCUT2D eigenvalue weighted by molar-refractivity contribution is -0.125. The van der Waals surface area contributed by atoms with Crippen molar-refractivity contribution < 1.29 is 18.7 Å². The third-order valence-corrected chi connectivity index (χ3v) is 4.10. The molecular weight excluding hydrogens is 330 g/mol. The minimum absolute atomic E-state index is 0.0788. The molecule has 24 heavy (non-hydrogen) atoms. The lowest BCUT2D eigenvalue weighted by Crippen LogP contribution is -2.32. The van der Waals surface area contributed by atoms with Gasteiger partial charge in [-0.2, -0.15) is 0 Å². The normalized spacial score (nSPS) is 15.8. The number of nitrogens with one attached hydrogen (secondary N) is 1. The number of para-hydroxylation sites is 1. The molecule has 1 saturated heterocycles. The van der Waals surface area contributed by atoms with Crippen molar-refractivity contribution in [2.24, 2.45) is 5.10 Å². The predicted molar refractivity (Wildman–Crippen MR) is 89.2 cm³/mol. The maximum absolute atomic E-state index is 11.9. The quantitative estimate of drug-likeness (QED) is 0.808. The molecule has 2 aromatic rings. The van der Waals surface area contributed by atoms with E-state index >= 15 is 0 Å². The summed E-state index contributed by atoms with van der Waals surface area (Å²) in [6.07, 6.45) is 1.54. The molecule has 1 N–H and O–H groups in total. The van der Waals surface area contributed by atoms with Crippen LogP contribution in [0, 0.1) is 0 Å². The second-order valence-electron chi connectivity index (χ2n) is 4.88. The van der Waals surface area contributed by atoms with E-state index in [-0.39, 0.29) is 24.8 Å². The first-order valence-electron chi connectivity index (χ1n) is 7.22. The van der Waals surface area contributed by atoms with Crippen LogP contribution in [0.5, 0.6) is 5.75 Å². The van der Waals surface area contributed by atoms with Crippen molar-refractivity contribution in [3.63, 3.8) is 0 Å². The smallest absolute Gasteiger partial charge is 0.278 e. The number of rotatable bonds is 6. The van der Waals surface area contributed by atoms with E-state index in [1.807, 2.05) is 18.2 Å². The van der Waals surface area contributed by atoms with E-state index in [9.17, 15) is 9.59 Å². The fourth-order valence-electron chi connectivity index (χ4n) is 2.00. The van der Waals surface area contributed by atoms with Crippen molar-refractivity contribution in [2.45, 2.75) is 6.54 Å². The van der Waals surface area contributed by atoms with Gasteiger partial charge in [0.2, 0.25) is 5.91 Å². The molecule has 7 nitrogen and oxygen atoms in total. The molecule has 0 radical (unpaired) electrons. The molecule has 0 saturated carbocycles. The molecule has 1 aromatic carbocycles. The van der Waals surface area contributed by atoms with Crippen molar-refractivity contribution in [1.82, 2.24) is 10.3 Å². The first-order chi connectivity index (χ1) is 11.7. The molecule has 124 valence electrons. The van der Waals surface area contributed by atoms with Crippen LogP contribution in [0.2, 0.25) is 0 Å². The highest BCUT2D eigenvalue weighted by atomic mass is 32.2. The lowest BCUT2D eigenvalue weighted by atomic mass is 10.3. The molecule has 1 aliphatic rings. The summed E-state index contributed by atoms with van der Waals surface area (Å²) in [6, 6.07) is 12.6. The molecule has 1 aliphatic heterocycles. The summed E-state index contributed by atoms with van der Waals surface area (Å²) in [4.78, 5) is 25.2. The number of hydrogen-bond acceptors (Lipinski definition) is 6. The van der Waals surface area contributed by atoms with Crippen LogP contribution in [0.1, 0.15) is 5.76 Å². The van der Waals surface area contributed by atoms with Crippen LogP contribution in [0.4, 0.5) is 0 Å². The SMILES string of the molecule is O=C(COc1ccccc1)NN=C1SCC(=O)N1Cc1ccco1. The number of ether oxygens (including phenoxy) is 1. The maximum atomic E-state index is 11.9. The van der Waals surface area contributed by atoms with Crippen molar-refractivity contribution in [2.75, 3.05) is 12.4 Å². The third kappa shape index (κ3) is 4.17. The van der Waals surface area contributed by atoms with E-state index in [1.54, 1.807) is 30.5 Å². The molecule has 1 aromatic heterocycles. The van der Waals surface area contributed by atoms with Crippen molar-refractivity contribution in [1.29, 1.82) is 0 Å². The highest BCUT2D eigenvalue weighted by Crippen LogP contribution is 2.21. The summed E-state index contributed by atoms with van der Waals surface area (Å²) < 4.78 is 10.6. The van der Waals surface area contributed by atoms with Gasteiger partial charge in [0.15, 0.2) is 11.8 Å². The number of hydrogen-bond donors (Lipinski definition) is 1. The first kappa shape index (κ1) is 16.1. The van der Waals surface area contributed by atoms with Gasteiger partial charge in [-0.15, -0.1) is 5.10 Å². The van der Waals surface area contributed by atoms with E-state index in [4.69, 9.17) is 9.15 Å². The average Bonchev–Trinajstić information content (AvgIpc) is 3.24. The summed E-state index contributed by atoms with van der Waals surface area (Å²) in [6.45, 7) is 0.131. The number of amides is 2. The highest BCUT2D eigenvalue weighted by Gasteiger charge is 2.29. The number of carbonyl (C=O) groups is 2. The predicted octanol–water partition coefficient (Wildman–Crippen LogP) is 1.82. The van der Waals surface area contributed by atoms with Crippen molar-refractivity contribution in [3.8, 4) is 5.75 Å². The summed E-state index contributed by atoms with van der Waals surface area (Å²) >= 11 is 1.27. The highest BCUT2D eigenvalue weighted by molar-refractivity contribution is 8.15. The Bertz CT molecular complexity index is 731. The Morgan fingerprint density at radius 2 is 2.12 bits per heavy atom. The van der Waals surface area contributed by atoms with Crippen LogP contribution < -0.4 is 10.2 Å². The number of amidine groups is 1. The Morgan fingerprint density at radius 3 is 2.88 bits per heavy atom. The van der Waals surface area contributed by atoms with Crippen LogP contribution in [-0.4, -0.2) is 34.2 Å². The molecule has 0 unspecified atom stereocenters. The summed E-state index contributed by atoms with van der Waals surface area (Å²) in [7, 11) is 0. The van der Waals surface area contributed by atoms with E-state index in [0.717, 1.165) is 0 Å². The minimum Gasteiger partial charge on any atom is -0.484 e. The topological polar surface area (TPSA) is 84.1 Å². The molecule has 1 fully saturated rings. The Labute approximate surface area is 142 Å². The van der Waals surface area contributed by atoms with E-state index in [1.165, 1.54) is 16.7 Å². The van der Waals surface area contributed by atoms with Crippen LogP contribution in [0.15, 0.2) is 58.2 Å². The summed E-state index contributed by atoms with van der Waals surface area (Å²) in [5.74, 6) is 1.06. The number of benzene rings is 1. The molecule has 0 atom stereocenters. The number of thioether (sulfide) groups is 1. The van der Waals surface area contributed by atoms with Gasteiger partial charge in [0.05, 0.1) is 18.6 Å². The standard InChI is InChI=1S/C16H15N3O4S/c20-14(10-23-12-5-2-1-3-6-12)17-18-16-19(15(21)11-24-16)9-13-7-4-8-22-13/h1-8H,9-11H2,(H,17,20). The van der Waals surface area contributed by atoms with Crippen LogP contribution in [0.25, 0.3) is 0 Å². The molecule has 3 rings (SSSR count). The zero-order valence-electron chi connectivity index (χ0n) is 12.7. The molecule has 2 amide bonds. The van der Waals surface area contributed by atoms with Gasteiger partial charge in [-0.05, 0) is 24.3 Å². The number of hydrazone groups is 1. The molecule has 0 bridgehead atoms. The van der Waals surface area contributed by atoms with Gasteiger partial charge in [0.1, 0.15) is 11.5 Å². The largest absolute Gasteiger partial charge is 0.484 e. The van der Waals surface area contributed by atoms with E-state index < -0.39 is 5.91 Å². The van der Waals surface area contributed by atoms with Crippen molar-refractivity contribution >= 4 is 28.7 Å². The molecule has 0 aliphatic carbocycles. The fraction of sp³-hybridized carbons (Fsp3) is 0.188. The number of carbonyl (C=O) groups excluding carboxylic acids is 2. The second-order valence-corrected chi connectivity index (χ2v) is 5.82. The van der Waals surface area contributed by atoms with Gasteiger partial charge in [-0.1, -0.05) is 30.0 Å². The number of nitrogens with zero attached hydrogens (tertiary/aromatic N) is 2. The Hall–Kier alpha value is -2.74. The fourth-order valence-corrected chi connectivity index (χ4v) is 2.84. The lowest BCUT2D eigenvalue weighted by Gasteiger charge is -2.14. The van der Waals surface area contributed by atoms with Gasteiger partial charge >= 0.3 is 0 Å². The Balaban J connectivity index is 1.54. The van der Waals surface area contributed by atoms with Gasteiger partial charge in [0, 0.05) is 0 Å². The van der Waals surface area contributed by atoms with Crippen LogP contribution >= 0.6 is 11.8 Å². The van der Waals surface area contributed by atoms with Gasteiger partial charge in [-0.3, -0.25) is 14.5 Å². The van der Waals surface area contributed by atoms with Crippen molar-refractivity contribution in [3.05, 3.63) is 54.5 Å². The van der Waals surface area contributed by atoms with Gasteiger partial charge < -0.3 is 9.15 Å². The van der Waals surface area contributed by atoms with Gasteiger partial charge in [0.25, 0.3) is 5.91 Å². The average molecular weight is 345 g/mol.